The molecule has 2 aromatic heterocycles. The van der Waals surface area contributed by atoms with Crippen molar-refractivity contribution in [1.29, 1.82) is 0 Å². The number of hydrogen-bond acceptors (Lipinski definition) is 9. The molecule has 0 spiro atoms. The van der Waals surface area contributed by atoms with E-state index >= 15 is 0 Å². The monoisotopic (exact) mass is 315 g/mol. The molecule has 0 radical (unpaired) electrons. The number of nitrogens with one attached hydrogen (secondary N) is 1. The molecule has 0 unspecified atom stereocenters. The average molecular weight is 315 g/mol. The van der Waals surface area contributed by atoms with Crippen LogP contribution in [0.2, 0.25) is 0 Å². The Bertz CT molecular complexity index is 682. The Morgan fingerprint density at radius 1 is 1.41 bits per heavy atom. The first-order chi connectivity index (χ1) is 10.6. The van der Waals surface area contributed by atoms with Gasteiger partial charge in [-0.05, 0) is 0 Å². The lowest BCUT2D eigenvalue weighted by Gasteiger charge is -2.16. The van der Waals surface area contributed by atoms with Gasteiger partial charge in [0.05, 0.1) is 20.0 Å². The Hall–Kier alpha value is -1.92. The third-order valence-electron chi connectivity index (χ3n) is 3.38. The van der Waals surface area contributed by atoms with E-state index in [-0.39, 0.29) is 17.0 Å². The average Bonchev–Trinajstić information content (AvgIpc) is 3.02. The number of aliphatic hydroxyl groups is 3. The number of ether oxygens (including phenoxy) is 1. The Labute approximate surface area is 123 Å². The second kappa shape index (κ2) is 5.70. The lowest BCUT2D eigenvalue weighted by atomic mass is 10.1. The first-order valence-electron chi connectivity index (χ1n) is 6.38. The molecule has 0 amide bonds. The van der Waals surface area contributed by atoms with Gasteiger partial charge in [0.2, 0.25) is 0 Å². The first-order valence-corrected chi connectivity index (χ1v) is 6.38. The molecule has 1 fully saturated rings. The summed E-state index contributed by atoms with van der Waals surface area (Å²) in [5.41, 5.74) is 2.61. The van der Waals surface area contributed by atoms with E-state index < -0.39 is 37.2 Å². The van der Waals surface area contributed by atoms with Gasteiger partial charge >= 0.3 is 6.08 Å². The molecule has 4 N–H and O–H groups in total. The summed E-state index contributed by atoms with van der Waals surface area (Å²) < 4.78 is 20.2. The van der Waals surface area contributed by atoms with Gasteiger partial charge in [-0.3, -0.25) is 9.40 Å². The third-order valence-corrected chi connectivity index (χ3v) is 3.38. The molecule has 120 valence electrons. The van der Waals surface area contributed by atoms with Crippen molar-refractivity contribution in [1.82, 2.24) is 19.5 Å². The van der Waals surface area contributed by atoms with E-state index in [0.717, 1.165) is 0 Å². The number of aliphatic hydroxyl groups excluding tert-OH is 3. The fraction of sp³-hybridized carbons (Fsp3) is 0.545. The molecule has 0 aromatic carbocycles. The number of rotatable bonds is 4. The van der Waals surface area contributed by atoms with Gasteiger partial charge in [0.1, 0.15) is 18.3 Å². The van der Waals surface area contributed by atoms with Crippen LogP contribution in [0.25, 0.3) is 11.2 Å². The Kier molecular flexibility index (Phi) is 3.88. The highest BCUT2D eigenvalue weighted by molar-refractivity contribution is 5.82. The largest absolute Gasteiger partial charge is 0.394 e. The number of fused-ring (bicyclic) bond motifs is 1. The van der Waals surface area contributed by atoms with Crippen molar-refractivity contribution in [3.05, 3.63) is 12.4 Å². The topological polar surface area (TPSA) is 135 Å². The summed E-state index contributed by atoms with van der Waals surface area (Å²) in [4.78, 5) is 15.9. The first kappa shape index (κ1) is 15.0. The SMILES string of the molecule is CONc1nc(F)nc2c1ncn2[C@@H]1O[C@H](CO)[C@@H](O)[C@H]1O. The van der Waals surface area contributed by atoms with Gasteiger partial charge in [0.25, 0.3) is 0 Å². The second-order valence-electron chi connectivity index (χ2n) is 4.70. The normalized spacial score (nSPS) is 28.4. The van der Waals surface area contributed by atoms with Crippen LogP contribution in [0.15, 0.2) is 6.33 Å². The van der Waals surface area contributed by atoms with Crippen LogP contribution in [0.1, 0.15) is 6.23 Å². The number of nitrogens with zero attached hydrogens (tertiary/aromatic N) is 4. The van der Waals surface area contributed by atoms with E-state index in [0.29, 0.717) is 0 Å². The Balaban J connectivity index is 2.05. The maximum atomic E-state index is 13.5. The molecule has 11 heteroatoms. The fourth-order valence-electron chi connectivity index (χ4n) is 2.35. The summed E-state index contributed by atoms with van der Waals surface area (Å²) in [5.74, 6) is 0.00972. The summed E-state index contributed by atoms with van der Waals surface area (Å²) in [7, 11) is 1.33. The van der Waals surface area contributed by atoms with Gasteiger partial charge in [-0.15, -0.1) is 0 Å². The molecule has 3 heterocycles. The maximum absolute atomic E-state index is 13.5. The van der Waals surface area contributed by atoms with Crippen molar-refractivity contribution in [3.8, 4) is 0 Å². The molecule has 0 bridgehead atoms. The zero-order valence-electron chi connectivity index (χ0n) is 11.4. The number of anilines is 1. The van der Waals surface area contributed by atoms with Crippen LogP contribution in [0.3, 0.4) is 0 Å². The van der Waals surface area contributed by atoms with E-state index in [1.54, 1.807) is 0 Å². The van der Waals surface area contributed by atoms with Crippen LogP contribution >= 0.6 is 0 Å². The summed E-state index contributed by atoms with van der Waals surface area (Å²) >= 11 is 0. The molecular formula is C11H14FN5O5. The van der Waals surface area contributed by atoms with Crippen molar-refractivity contribution in [2.45, 2.75) is 24.5 Å². The minimum atomic E-state index is -1.33. The highest BCUT2D eigenvalue weighted by Crippen LogP contribution is 2.32. The Morgan fingerprint density at radius 2 is 2.18 bits per heavy atom. The summed E-state index contributed by atoms with van der Waals surface area (Å²) in [5, 5.41) is 28.9. The molecule has 1 aliphatic heterocycles. The lowest BCUT2D eigenvalue weighted by molar-refractivity contribution is -0.0511. The summed E-state index contributed by atoms with van der Waals surface area (Å²) in [6.45, 7) is -0.471. The summed E-state index contributed by atoms with van der Waals surface area (Å²) in [6, 6.07) is 0. The van der Waals surface area contributed by atoms with Crippen LogP contribution in [0.5, 0.6) is 0 Å². The van der Waals surface area contributed by atoms with Crippen molar-refractivity contribution in [2.24, 2.45) is 0 Å². The number of halogens is 1. The Morgan fingerprint density at radius 3 is 2.82 bits per heavy atom. The van der Waals surface area contributed by atoms with Gasteiger partial charge in [0.15, 0.2) is 23.2 Å². The molecule has 4 atom stereocenters. The van der Waals surface area contributed by atoms with Gasteiger partial charge in [0, 0.05) is 0 Å². The molecule has 2 aromatic rings. The van der Waals surface area contributed by atoms with E-state index in [9.17, 15) is 14.6 Å². The predicted molar refractivity (Wildman–Crippen MR) is 68.9 cm³/mol. The molecule has 0 aliphatic carbocycles. The molecule has 22 heavy (non-hydrogen) atoms. The highest BCUT2D eigenvalue weighted by atomic mass is 19.1. The number of imidazole rings is 1. The summed E-state index contributed by atoms with van der Waals surface area (Å²) in [6.07, 6.45) is -4.40. The van der Waals surface area contributed by atoms with E-state index in [1.165, 1.54) is 18.0 Å². The van der Waals surface area contributed by atoms with Crippen molar-refractivity contribution in [2.75, 3.05) is 19.2 Å². The van der Waals surface area contributed by atoms with E-state index in [4.69, 9.17) is 9.84 Å². The van der Waals surface area contributed by atoms with Gasteiger partial charge in [-0.25, -0.2) is 10.5 Å². The third kappa shape index (κ3) is 2.28. The van der Waals surface area contributed by atoms with Crippen LogP contribution in [-0.4, -0.2) is 66.9 Å². The molecule has 10 nitrogen and oxygen atoms in total. The van der Waals surface area contributed by atoms with Gasteiger partial charge in [-0.1, -0.05) is 0 Å². The number of hydrogen-bond donors (Lipinski definition) is 4. The minimum Gasteiger partial charge on any atom is -0.394 e. The van der Waals surface area contributed by atoms with Crippen LogP contribution in [0, 0.1) is 6.08 Å². The highest BCUT2D eigenvalue weighted by Gasteiger charge is 2.44. The van der Waals surface area contributed by atoms with Crippen molar-refractivity contribution < 1.29 is 29.3 Å². The van der Waals surface area contributed by atoms with Gasteiger partial charge in [-0.2, -0.15) is 14.4 Å². The molecule has 1 saturated heterocycles. The second-order valence-corrected chi connectivity index (χ2v) is 4.70. The smallest absolute Gasteiger partial charge is 0.312 e. The maximum Gasteiger partial charge on any atom is 0.312 e. The molecular weight excluding hydrogens is 301 g/mol. The quantitative estimate of drug-likeness (QED) is 0.395. The molecule has 0 saturated carbocycles. The van der Waals surface area contributed by atoms with Crippen molar-refractivity contribution in [3.63, 3.8) is 0 Å². The zero-order valence-corrected chi connectivity index (χ0v) is 11.4. The lowest BCUT2D eigenvalue weighted by Crippen LogP contribution is -2.33. The molecule has 3 rings (SSSR count). The number of aromatic nitrogens is 4. The molecule has 1 aliphatic rings. The van der Waals surface area contributed by atoms with Crippen molar-refractivity contribution >= 4 is 17.0 Å². The predicted octanol–water partition coefficient (Wildman–Crippen LogP) is -1.45. The van der Waals surface area contributed by atoms with E-state index in [1.807, 2.05) is 0 Å². The van der Waals surface area contributed by atoms with Crippen LogP contribution < -0.4 is 5.48 Å². The standard InChI is InChI=1S/C11H14FN5O5/c1-21-16-8-5-9(15-11(12)14-8)17(3-13-5)10-7(20)6(19)4(2-18)22-10/h3-4,6-7,10,18-20H,2H2,1H3,(H,14,15,16)/t4-,6-,7-,10-/m1/s1. The van der Waals surface area contributed by atoms with E-state index in [2.05, 4.69) is 25.3 Å². The van der Waals surface area contributed by atoms with Gasteiger partial charge < -0.3 is 20.1 Å². The zero-order chi connectivity index (χ0) is 15.9. The van der Waals surface area contributed by atoms with Crippen LogP contribution in [0.4, 0.5) is 10.2 Å². The van der Waals surface area contributed by atoms with Crippen LogP contribution in [-0.2, 0) is 9.57 Å². The fourth-order valence-corrected chi connectivity index (χ4v) is 2.35. The minimum absolute atomic E-state index is 0.00972.